The molecule has 1 aromatic rings. The van der Waals surface area contributed by atoms with Crippen LogP contribution in [0.25, 0.3) is 0 Å². The number of anilines is 1. The third-order valence-corrected chi connectivity index (χ3v) is 3.22. The fourth-order valence-electron chi connectivity index (χ4n) is 2.27. The fraction of sp³-hybridized carbons (Fsp3) is 0.385. The third-order valence-electron chi connectivity index (χ3n) is 3.22. The summed E-state index contributed by atoms with van der Waals surface area (Å²) in [6, 6.07) is 4.32. The highest BCUT2D eigenvalue weighted by Crippen LogP contribution is 2.19. The SMILES string of the molecule is CCC1C(=O)NC(=O)CN1Cc1cccc(N)c1F. The smallest absolute Gasteiger partial charge is 0.243 e. The first-order valence-electron chi connectivity index (χ1n) is 6.13. The molecule has 102 valence electrons. The third kappa shape index (κ3) is 2.73. The van der Waals surface area contributed by atoms with Crippen LogP contribution in [0.15, 0.2) is 18.2 Å². The van der Waals surface area contributed by atoms with Crippen molar-refractivity contribution in [3.63, 3.8) is 0 Å². The summed E-state index contributed by atoms with van der Waals surface area (Å²) in [7, 11) is 0. The summed E-state index contributed by atoms with van der Waals surface area (Å²) in [6.07, 6.45) is 0.559. The molecule has 3 N–H and O–H groups in total. The Kier molecular flexibility index (Phi) is 3.80. The number of nitrogens with zero attached hydrogens (tertiary/aromatic N) is 1. The average Bonchev–Trinajstić information content (AvgIpc) is 2.34. The number of nitrogen functional groups attached to an aromatic ring is 1. The number of amides is 2. The van der Waals surface area contributed by atoms with Gasteiger partial charge in [-0.2, -0.15) is 0 Å². The van der Waals surface area contributed by atoms with Gasteiger partial charge in [0.1, 0.15) is 0 Å². The Morgan fingerprint density at radius 1 is 1.47 bits per heavy atom. The lowest BCUT2D eigenvalue weighted by Gasteiger charge is -2.33. The number of carbonyl (C=O) groups is 2. The van der Waals surface area contributed by atoms with E-state index in [0.717, 1.165) is 0 Å². The highest BCUT2D eigenvalue weighted by Gasteiger charge is 2.32. The van der Waals surface area contributed by atoms with E-state index in [1.165, 1.54) is 6.07 Å². The van der Waals surface area contributed by atoms with Gasteiger partial charge in [0.15, 0.2) is 5.82 Å². The summed E-state index contributed by atoms with van der Waals surface area (Å²) in [5.41, 5.74) is 5.97. The molecule has 1 aliphatic rings. The van der Waals surface area contributed by atoms with E-state index in [1.807, 2.05) is 6.92 Å². The summed E-state index contributed by atoms with van der Waals surface area (Å²) in [6.45, 7) is 2.12. The van der Waals surface area contributed by atoms with Crippen LogP contribution >= 0.6 is 0 Å². The Morgan fingerprint density at radius 2 is 2.21 bits per heavy atom. The Bertz CT molecular complexity index is 519. The van der Waals surface area contributed by atoms with Crippen molar-refractivity contribution in [2.75, 3.05) is 12.3 Å². The Labute approximate surface area is 110 Å². The van der Waals surface area contributed by atoms with Gasteiger partial charge in [0, 0.05) is 12.1 Å². The van der Waals surface area contributed by atoms with E-state index in [2.05, 4.69) is 5.32 Å². The minimum Gasteiger partial charge on any atom is -0.396 e. The zero-order chi connectivity index (χ0) is 14.0. The molecule has 6 heteroatoms. The molecular formula is C13H16FN3O2. The highest BCUT2D eigenvalue weighted by molar-refractivity contribution is 6.01. The molecular weight excluding hydrogens is 249 g/mol. The minimum atomic E-state index is -0.490. The molecule has 1 atom stereocenters. The lowest BCUT2D eigenvalue weighted by Crippen LogP contribution is -2.57. The van der Waals surface area contributed by atoms with E-state index in [1.54, 1.807) is 17.0 Å². The fourth-order valence-corrected chi connectivity index (χ4v) is 2.27. The summed E-state index contributed by atoms with van der Waals surface area (Å²) < 4.78 is 13.8. The summed E-state index contributed by atoms with van der Waals surface area (Å²) in [5, 5.41) is 2.28. The van der Waals surface area contributed by atoms with E-state index < -0.39 is 11.9 Å². The Hall–Kier alpha value is -1.95. The van der Waals surface area contributed by atoms with E-state index in [-0.39, 0.29) is 30.6 Å². The number of halogens is 1. The van der Waals surface area contributed by atoms with Gasteiger partial charge in [-0.1, -0.05) is 19.1 Å². The molecule has 0 saturated carbocycles. The molecule has 0 aromatic heterocycles. The number of nitrogens with one attached hydrogen (secondary N) is 1. The van der Waals surface area contributed by atoms with Crippen LogP contribution in [-0.2, 0) is 16.1 Å². The number of piperazine rings is 1. The second kappa shape index (κ2) is 5.36. The summed E-state index contributed by atoms with van der Waals surface area (Å²) in [4.78, 5) is 24.8. The normalized spacial score (nSPS) is 20.4. The molecule has 1 aliphatic heterocycles. The van der Waals surface area contributed by atoms with Crippen LogP contribution in [0.1, 0.15) is 18.9 Å². The first-order valence-corrected chi connectivity index (χ1v) is 6.13. The van der Waals surface area contributed by atoms with Gasteiger partial charge < -0.3 is 5.73 Å². The van der Waals surface area contributed by atoms with Gasteiger partial charge in [-0.15, -0.1) is 0 Å². The lowest BCUT2D eigenvalue weighted by molar-refractivity contribution is -0.140. The molecule has 1 fully saturated rings. The van der Waals surface area contributed by atoms with Crippen LogP contribution < -0.4 is 11.1 Å². The maximum atomic E-state index is 13.8. The zero-order valence-electron chi connectivity index (χ0n) is 10.6. The molecule has 1 unspecified atom stereocenters. The van der Waals surface area contributed by atoms with Crippen LogP contribution in [-0.4, -0.2) is 29.3 Å². The van der Waals surface area contributed by atoms with Crippen molar-refractivity contribution in [3.05, 3.63) is 29.6 Å². The topological polar surface area (TPSA) is 75.4 Å². The Balaban J connectivity index is 2.22. The second-order valence-electron chi connectivity index (χ2n) is 4.56. The number of nitrogens with two attached hydrogens (primary N) is 1. The lowest BCUT2D eigenvalue weighted by atomic mass is 10.1. The molecule has 1 aromatic carbocycles. The second-order valence-corrected chi connectivity index (χ2v) is 4.56. The van der Waals surface area contributed by atoms with E-state index in [0.29, 0.717) is 12.0 Å². The van der Waals surface area contributed by atoms with Crippen molar-refractivity contribution in [1.29, 1.82) is 0 Å². The maximum Gasteiger partial charge on any atom is 0.243 e. The minimum absolute atomic E-state index is 0.0679. The zero-order valence-corrected chi connectivity index (χ0v) is 10.6. The van der Waals surface area contributed by atoms with Crippen molar-refractivity contribution in [3.8, 4) is 0 Å². The predicted molar refractivity (Wildman–Crippen MR) is 68.5 cm³/mol. The van der Waals surface area contributed by atoms with E-state index in [9.17, 15) is 14.0 Å². The van der Waals surface area contributed by atoms with Crippen LogP contribution in [0.3, 0.4) is 0 Å². The predicted octanol–water partition coefficient (Wildman–Crippen LogP) is 0.645. The van der Waals surface area contributed by atoms with Crippen molar-refractivity contribution < 1.29 is 14.0 Å². The van der Waals surface area contributed by atoms with E-state index >= 15 is 0 Å². The van der Waals surface area contributed by atoms with Gasteiger partial charge in [0.05, 0.1) is 18.3 Å². The van der Waals surface area contributed by atoms with Crippen molar-refractivity contribution in [1.82, 2.24) is 10.2 Å². The molecule has 0 spiro atoms. The summed E-state index contributed by atoms with van der Waals surface area (Å²) in [5.74, 6) is -1.18. The monoisotopic (exact) mass is 265 g/mol. The maximum absolute atomic E-state index is 13.8. The quantitative estimate of drug-likeness (QED) is 0.621. The molecule has 2 amide bonds. The van der Waals surface area contributed by atoms with Crippen LogP contribution in [0, 0.1) is 5.82 Å². The number of imide groups is 1. The Morgan fingerprint density at radius 3 is 2.89 bits per heavy atom. The number of hydrogen-bond donors (Lipinski definition) is 2. The number of carbonyl (C=O) groups excluding carboxylic acids is 2. The van der Waals surface area contributed by atoms with Crippen molar-refractivity contribution >= 4 is 17.5 Å². The standard InChI is InChI=1S/C13H16FN3O2/c1-2-10-13(19)16-11(18)7-17(10)6-8-4-3-5-9(15)12(8)14/h3-5,10H,2,6-7,15H2,1H3,(H,16,18,19). The van der Waals surface area contributed by atoms with Gasteiger partial charge in [0.25, 0.3) is 0 Å². The molecule has 0 aliphatic carbocycles. The van der Waals surface area contributed by atoms with Crippen LogP contribution in [0.4, 0.5) is 10.1 Å². The molecule has 5 nitrogen and oxygen atoms in total. The molecule has 1 saturated heterocycles. The first kappa shape index (κ1) is 13.5. The number of benzene rings is 1. The first-order chi connectivity index (χ1) is 9.02. The molecule has 2 rings (SSSR count). The van der Waals surface area contributed by atoms with Gasteiger partial charge >= 0.3 is 0 Å². The van der Waals surface area contributed by atoms with Gasteiger partial charge in [-0.3, -0.25) is 19.8 Å². The van der Waals surface area contributed by atoms with Gasteiger partial charge in [0.2, 0.25) is 11.8 Å². The highest BCUT2D eigenvalue weighted by atomic mass is 19.1. The van der Waals surface area contributed by atoms with E-state index in [4.69, 9.17) is 5.73 Å². The largest absolute Gasteiger partial charge is 0.396 e. The van der Waals surface area contributed by atoms with Crippen LogP contribution in [0.5, 0.6) is 0 Å². The van der Waals surface area contributed by atoms with Gasteiger partial charge in [-0.05, 0) is 12.5 Å². The molecule has 19 heavy (non-hydrogen) atoms. The van der Waals surface area contributed by atoms with Crippen LogP contribution in [0.2, 0.25) is 0 Å². The van der Waals surface area contributed by atoms with Crippen molar-refractivity contribution in [2.24, 2.45) is 0 Å². The van der Waals surface area contributed by atoms with Gasteiger partial charge in [-0.25, -0.2) is 4.39 Å². The molecule has 0 radical (unpaired) electrons. The molecule has 0 bridgehead atoms. The summed E-state index contributed by atoms with van der Waals surface area (Å²) >= 11 is 0. The number of hydrogen-bond acceptors (Lipinski definition) is 4. The van der Waals surface area contributed by atoms with Crippen molar-refractivity contribution in [2.45, 2.75) is 25.9 Å². The average molecular weight is 265 g/mol. The number of rotatable bonds is 3. The molecule has 1 heterocycles.